The molecule has 47 heavy (non-hydrogen) atoms. The van der Waals surface area contributed by atoms with Crippen molar-refractivity contribution in [3.63, 3.8) is 0 Å². The molecule has 0 fully saturated rings. The predicted octanol–water partition coefficient (Wildman–Crippen LogP) is 6.85. The van der Waals surface area contributed by atoms with Gasteiger partial charge < -0.3 is 19.6 Å². The molecule has 0 radical (unpaired) electrons. The molecule has 9 nitrogen and oxygen atoms in total. The van der Waals surface area contributed by atoms with Crippen LogP contribution in [0.25, 0.3) is 22.3 Å². The Hall–Kier alpha value is -5.85. The number of aromatic nitrogens is 2. The highest BCUT2D eigenvalue weighted by Gasteiger charge is 2.16. The van der Waals surface area contributed by atoms with Crippen LogP contribution in [0.5, 0.6) is 11.5 Å². The Morgan fingerprint density at radius 1 is 0.894 bits per heavy atom. The van der Waals surface area contributed by atoms with Gasteiger partial charge in [-0.1, -0.05) is 54.1 Å². The summed E-state index contributed by atoms with van der Waals surface area (Å²) in [5.74, 6) is 0.243. The SMILES string of the molecule is Cc1c(COc2cc(OCc3cncc(C#N)c3)c(C=O)cc2Cl)cccc1-c1cccc(-c2ccc(C(=O)NCC=O)nc2)c1C. The number of nitriles is 1. The molecule has 0 spiro atoms. The summed E-state index contributed by atoms with van der Waals surface area (Å²) in [6.45, 7) is 4.31. The van der Waals surface area contributed by atoms with Gasteiger partial charge in [0.25, 0.3) is 5.91 Å². The van der Waals surface area contributed by atoms with Gasteiger partial charge in [0.2, 0.25) is 0 Å². The van der Waals surface area contributed by atoms with Gasteiger partial charge in [0.15, 0.2) is 6.29 Å². The van der Waals surface area contributed by atoms with Gasteiger partial charge in [-0.2, -0.15) is 5.26 Å². The summed E-state index contributed by atoms with van der Waals surface area (Å²) in [6, 6.07) is 22.3. The maximum absolute atomic E-state index is 12.2. The summed E-state index contributed by atoms with van der Waals surface area (Å²) < 4.78 is 12.1. The van der Waals surface area contributed by atoms with Crippen molar-refractivity contribution in [2.75, 3.05) is 6.54 Å². The molecule has 0 aliphatic rings. The zero-order valence-electron chi connectivity index (χ0n) is 25.6. The van der Waals surface area contributed by atoms with Gasteiger partial charge in [-0.05, 0) is 65.4 Å². The average Bonchev–Trinajstić information content (AvgIpc) is 3.10. The number of hydrogen-bond acceptors (Lipinski definition) is 8. The van der Waals surface area contributed by atoms with Crippen LogP contribution in [-0.4, -0.2) is 35.0 Å². The van der Waals surface area contributed by atoms with Crippen molar-refractivity contribution in [1.82, 2.24) is 15.3 Å². The van der Waals surface area contributed by atoms with E-state index in [1.165, 1.54) is 12.3 Å². The van der Waals surface area contributed by atoms with Gasteiger partial charge in [0.05, 0.1) is 22.7 Å². The van der Waals surface area contributed by atoms with Crippen LogP contribution >= 0.6 is 11.6 Å². The summed E-state index contributed by atoms with van der Waals surface area (Å²) in [4.78, 5) is 42.8. The summed E-state index contributed by atoms with van der Waals surface area (Å²) in [7, 11) is 0. The molecule has 10 heteroatoms. The summed E-state index contributed by atoms with van der Waals surface area (Å²) >= 11 is 6.49. The fraction of sp³-hybridized carbons (Fsp3) is 0.135. The summed E-state index contributed by atoms with van der Waals surface area (Å²) in [6.07, 6.45) is 5.99. The molecule has 2 heterocycles. The Morgan fingerprint density at radius 2 is 1.64 bits per heavy atom. The van der Waals surface area contributed by atoms with E-state index in [1.807, 2.05) is 50.2 Å². The van der Waals surface area contributed by atoms with E-state index in [-0.39, 0.29) is 36.0 Å². The molecule has 0 saturated heterocycles. The molecule has 5 aromatic rings. The van der Waals surface area contributed by atoms with Crippen LogP contribution in [0.3, 0.4) is 0 Å². The topological polar surface area (TPSA) is 131 Å². The first kappa shape index (κ1) is 32.5. The van der Waals surface area contributed by atoms with Gasteiger partial charge in [0.1, 0.15) is 42.8 Å². The number of carbonyl (C=O) groups is 3. The zero-order valence-corrected chi connectivity index (χ0v) is 26.4. The lowest BCUT2D eigenvalue weighted by atomic mass is 9.90. The van der Waals surface area contributed by atoms with Gasteiger partial charge >= 0.3 is 0 Å². The van der Waals surface area contributed by atoms with E-state index >= 15 is 0 Å². The number of hydrogen-bond donors (Lipinski definition) is 1. The summed E-state index contributed by atoms with van der Waals surface area (Å²) in [5, 5.41) is 11.9. The third-order valence-electron chi connectivity index (χ3n) is 7.62. The standard InChI is InChI=1S/C37H29ClN4O5/c1-23-28(22-47-36-15-35(29(20-44)14-33(36)38)46-21-26-13-25(16-39)17-40-18-26)5-3-7-31(23)32-8-4-6-30(24(32)2)27-9-10-34(42-19-27)37(45)41-11-12-43/h3-10,12-15,17-20H,11,21-22H2,1-2H3,(H,41,45). The lowest BCUT2D eigenvalue weighted by molar-refractivity contribution is -0.107. The Kier molecular flexibility index (Phi) is 10.4. The van der Waals surface area contributed by atoms with E-state index in [2.05, 4.69) is 27.4 Å². The Labute approximate surface area is 276 Å². The van der Waals surface area contributed by atoms with Crippen LogP contribution in [0.1, 0.15) is 48.7 Å². The number of amides is 1. The van der Waals surface area contributed by atoms with Crippen LogP contribution in [-0.2, 0) is 18.0 Å². The van der Waals surface area contributed by atoms with E-state index in [4.69, 9.17) is 26.3 Å². The molecule has 0 saturated carbocycles. The number of halogens is 1. The highest BCUT2D eigenvalue weighted by Crippen LogP contribution is 2.36. The minimum absolute atomic E-state index is 0.0692. The van der Waals surface area contributed by atoms with Crippen molar-refractivity contribution in [3.05, 3.63) is 129 Å². The molecule has 2 aromatic heterocycles. The lowest BCUT2D eigenvalue weighted by Gasteiger charge is -2.17. The van der Waals surface area contributed by atoms with E-state index in [1.54, 1.807) is 30.6 Å². The first-order valence-electron chi connectivity index (χ1n) is 14.6. The lowest BCUT2D eigenvalue weighted by Crippen LogP contribution is -2.25. The summed E-state index contributed by atoms with van der Waals surface area (Å²) in [5.41, 5.74) is 8.49. The second kappa shape index (κ2) is 15.0. The molecule has 5 rings (SSSR count). The smallest absolute Gasteiger partial charge is 0.270 e. The molecule has 1 amide bonds. The second-order valence-electron chi connectivity index (χ2n) is 10.6. The number of benzene rings is 3. The predicted molar refractivity (Wildman–Crippen MR) is 177 cm³/mol. The molecular formula is C37H29ClN4O5. The highest BCUT2D eigenvalue weighted by molar-refractivity contribution is 6.32. The Morgan fingerprint density at radius 3 is 2.36 bits per heavy atom. The van der Waals surface area contributed by atoms with Crippen LogP contribution in [0.15, 0.2) is 85.3 Å². The van der Waals surface area contributed by atoms with Crippen molar-refractivity contribution < 1.29 is 23.9 Å². The third kappa shape index (κ3) is 7.52. The van der Waals surface area contributed by atoms with Crippen molar-refractivity contribution in [2.45, 2.75) is 27.1 Å². The Bertz CT molecular complexity index is 2000. The molecule has 0 bridgehead atoms. The van der Waals surface area contributed by atoms with Crippen molar-refractivity contribution in [3.8, 4) is 39.8 Å². The van der Waals surface area contributed by atoms with Crippen LogP contribution in [0.4, 0.5) is 0 Å². The van der Waals surface area contributed by atoms with Crippen molar-refractivity contribution in [1.29, 1.82) is 5.26 Å². The number of pyridine rings is 2. The third-order valence-corrected chi connectivity index (χ3v) is 7.91. The molecule has 1 N–H and O–H groups in total. The maximum atomic E-state index is 12.2. The van der Waals surface area contributed by atoms with Gasteiger partial charge in [-0.15, -0.1) is 0 Å². The van der Waals surface area contributed by atoms with Gasteiger partial charge in [0, 0.05) is 35.8 Å². The number of rotatable bonds is 12. The second-order valence-corrected chi connectivity index (χ2v) is 11.0. The largest absolute Gasteiger partial charge is 0.488 e. The van der Waals surface area contributed by atoms with Crippen LogP contribution in [0.2, 0.25) is 5.02 Å². The van der Waals surface area contributed by atoms with E-state index in [0.717, 1.165) is 38.9 Å². The van der Waals surface area contributed by atoms with Gasteiger partial charge in [-0.3, -0.25) is 19.6 Å². The minimum Gasteiger partial charge on any atom is -0.488 e. The van der Waals surface area contributed by atoms with Crippen molar-refractivity contribution >= 4 is 30.1 Å². The van der Waals surface area contributed by atoms with E-state index in [0.29, 0.717) is 35.2 Å². The van der Waals surface area contributed by atoms with E-state index in [9.17, 15) is 14.4 Å². The average molecular weight is 645 g/mol. The number of carbonyl (C=O) groups excluding carboxylic acids is 3. The molecule has 0 aliphatic heterocycles. The number of nitrogens with one attached hydrogen (secondary N) is 1. The number of aldehydes is 2. The normalized spacial score (nSPS) is 10.5. The fourth-order valence-electron chi connectivity index (χ4n) is 5.11. The number of ether oxygens (including phenoxy) is 2. The number of nitrogens with zero attached hydrogens (tertiary/aromatic N) is 3. The van der Waals surface area contributed by atoms with E-state index < -0.39 is 5.91 Å². The Balaban J connectivity index is 1.36. The zero-order chi connectivity index (χ0) is 33.3. The first-order chi connectivity index (χ1) is 22.8. The fourth-order valence-corrected chi connectivity index (χ4v) is 5.33. The maximum Gasteiger partial charge on any atom is 0.270 e. The monoisotopic (exact) mass is 644 g/mol. The quantitative estimate of drug-likeness (QED) is 0.146. The molecular weight excluding hydrogens is 616 g/mol. The molecule has 0 aliphatic carbocycles. The molecule has 234 valence electrons. The van der Waals surface area contributed by atoms with Crippen LogP contribution in [0, 0.1) is 25.2 Å². The highest BCUT2D eigenvalue weighted by atomic mass is 35.5. The molecule has 0 unspecified atom stereocenters. The minimum atomic E-state index is -0.409. The van der Waals surface area contributed by atoms with Crippen LogP contribution < -0.4 is 14.8 Å². The molecule has 0 atom stereocenters. The van der Waals surface area contributed by atoms with Gasteiger partial charge in [-0.25, -0.2) is 0 Å². The molecule has 3 aromatic carbocycles. The van der Waals surface area contributed by atoms with Crippen molar-refractivity contribution in [2.24, 2.45) is 0 Å². The first-order valence-corrected chi connectivity index (χ1v) is 15.0.